The third kappa shape index (κ3) is 2.63. The van der Waals surface area contributed by atoms with Gasteiger partial charge in [-0.3, -0.25) is 0 Å². The van der Waals surface area contributed by atoms with E-state index in [2.05, 4.69) is 4.74 Å². The van der Waals surface area contributed by atoms with Crippen LogP contribution in [-0.4, -0.2) is 13.1 Å². The first-order valence-electron chi connectivity index (χ1n) is 5.97. The molecule has 16 heavy (non-hydrogen) atoms. The molecule has 0 amide bonds. The molecule has 1 aliphatic rings. The SMILES string of the molecule is COC(=O)c1ccc(CC2CCCC2)cc1. The van der Waals surface area contributed by atoms with E-state index in [0.29, 0.717) is 5.56 Å². The Morgan fingerprint density at radius 1 is 1.25 bits per heavy atom. The Bertz CT molecular complexity index is 348. The van der Waals surface area contributed by atoms with Crippen molar-refractivity contribution in [3.8, 4) is 0 Å². The number of hydrogen-bond donors (Lipinski definition) is 0. The molecule has 0 N–H and O–H groups in total. The Morgan fingerprint density at radius 2 is 1.88 bits per heavy atom. The maximum Gasteiger partial charge on any atom is 0.337 e. The van der Waals surface area contributed by atoms with Crippen molar-refractivity contribution in [3.05, 3.63) is 35.4 Å². The van der Waals surface area contributed by atoms with Gasteiger partial charge in [-0.05, 0) is 30.0 Å². The third-order valence-electron chi connectivity index (χ3n) is 3.37. The molecule has 1 fully saturated rings. The van der Waals surface area contributed by atoms with Crippen molar-refractivity contribution in [1.29, 1.82) is 0 Å². The van der Waals surface area contributed by atoms with Gasteiger partial charge in [0.2, 0.25) is 0 Å². The maximum absolute atomic E-state index is 11.2. The molecule has 0 radical (unpaired) electrons. The molecule has 0 spiro atoms. The van der Waals surface area contributed by atoms with Crippen molar-refractivity contribution in [1.82, 2.24) is 0 Å². The predicted octanol–water partition coefficient (Wildman–Crippen LogP) is 3.21. The lowest BCUT2D eigenvalue weighted by Gasteiger charge is -2.08. The smallest absolute Gasteiger partial charge is 0.337 e. The van der Waals surface area contributed by atoms with Gasteiger partial charge in [0.1, 0.15) is 0 Å². The standard InChI is InChI=1S/C14H18O2/c1-16-14(15)13-8-6-12(7-9-13)10-11-4-2-3-5-11/h6-9,11H,2-5,10H2,1H3. The van der Waals surface area contributed by atoms with Gasteiger partial charge in [0.05, 0.1) is 12.7 Å². The van der Waals surface area contributed by atoms with Crippen molar-refractivity contribution in [2.45, 2.75) is 32.1 Å². The normalized spacial score (nSPS) is 16.3. The Morgan fingerprint density at radius 3 is 2.44 bits per heavy atom. The summed E-state index contributed by atoms with van der Waals surface area (Å²) in [5, 5.41) is 0. The third-order valence-corrected chi connectivity index (χ3v) is 3.37. The van der Waals surface area contributed by atoms with Crippen molar-refractivity contribution in [2.24, 2.45) is 5.92 Å². The second-order valence-electron chi connectivity index (χ2n) is 4.54. The molecule has 2 nitrogen and oxygen atoms in total. The Balaban J connectivity index is 1.98. The molecule has 0 aromatic heterocycles. The number of carbonyl (C=O) groups excluding carboxylic acids is 1. The van der Waals surface area contributed by atoms with Crippen molar-refractivity contribution in [3.63, 3.8) is 0 Å². The van der Waals surface area contributed by atoms with Crippen LogP contribution in [0.25, 0.3) is 0 Å². The summed E-state index contributed by atoms with van der Waals surface area (Å²) in [5.41, 5.74) is 1.97. The van der Waals surface area contributed by atoms with E-state index >= 15 is 0 Å². The number of methoxy groups -OCH3 is 1. The fourth-order valence-electron chi connectivity index (χ4n) is 2.44. The minimum Gasteiger partial charge on any atom is -0.465 e. The van der Waals surface area contributed by atoms with E-state index in [4.69, 9.17) is 0 Å². The molecule has 0 atom stereocenters. The van der Waals surface area contributed by atoms with Gasteiger partial charge in [-0.2, -0.15) is 0 Å². The van der Waals surface area contributed by atoms with Crippen LogP contribution in [0.4, 0.5) is 0 Å². The van der Waals surface area contributed by atoms with Crippen LogP contribution in [0.1, 0.15) is 41.6 Å². The molecule has 2 rings (SSSR count). The van der Waals surface area contributed by atoms with Gasteiger partial charge in [-0.15, -0.1) is 0 Å². The van der Waals surface area contributed by atoms with Crippen LogP contribution in [0.3, 0.4) is 0 Å². The highest BCUT2D eigenvalue weighted by Crippen LogP contribution is 2.27. The minimum absolute atomic E-state index is 0.257. The fourth-order valence-corrected chi connectivity index (χ4v) is 2.44. The predicted molar refractivity (Wildman–Crippen MR) is 63.4 cm³/mol. The number of carbonyl (C=O) groups is 1. The lowest BCUT2D eigenvalue weighted by Crippen LogP contribution is -2.02. The molecule has 0 heterocycles. The highest BCUT2D eigenvalue weighted by atomic mass is 16.5. The highest BCUT2D eigenvalue weighted by Gasteiger charge is 2.15. The lowest BCUT2D eigenvalue weighted by molar-refractivity contribution is 0.0600. The van der Waals surface area contributed by atoms with E-state index < -0.39 is 0 Å². The summed E-state index contributed by atoms with van der Waals surface area (Å²) in [6.45, 7) is 0. The molecule has 2 heteroatoms. The van der Waals surface area contributed by atoms with Crippen molar-refractivity contribution >= 4 is 5.97 Å². The molecule has 0 unspecified atom stereocenters. The van der Waals surface area contributed by atoms with Crippen LogP contribution in [-0.2, 0) is 11.2 Å². The van der Waals surface area contributed by atoms with Gasteiger partial charge in [0.15, 0.2) is 0 Å². The average Bonchev–Trinajstić information content (AvgIpc) is 2.82. The number of ether oxygens (including phenoxy) is 1. The largest absolute Gasteiger partial charge is 0.465 e. The molecular weight excluding hydrogens is 200 g/mol. The highest BCUT2D eigenvalue weighted by molar-refractivity contribution is 5.89. The van der Waals surface area contributed by atoms with E-state index in [0.717, 1.165) is 12.3 Å². The van der Waals surface area contributed by atoms with Gasteiger partial charge in [0, 0.05) is 0 Å². The van der Waals surface area contributed by atoms with Crippen LogP contribution in [0.15, 0.2) is 24.3 Å². The lowest BCUT2D eigenvalue weighted by atomic mass is 9.97. The zero-order chi connectivity index (χ0) is 11.4. The molecule has 1 aliphatic carbocycles. The van der Waals surface area contributed by atoms with E-state index in [1.807, 2.05) is 24.3 Å². The first-order valence-corrected chi connectivity index (χ1v) is 5.97. The minimum atomic E-state index is -0.257. The first kappa shape index (κ1) is 11.2. The molecule has 0 saturated heterocycles. The summed E-state index contributed by atoms with van der Waals surface area (Å²) in [7, 11) is 1.41. The summed E-state index contributed by atoms with van der Waals surface area (Å²) >= 11 is 0. The molecule has 1 aromatic rings. The Hall–Kier alpha value is -1.31. The van der Waals surface area contributed by atoms with E-state index in [1.165, 1.54) is 38.4 Å². The summed E-state index contributed by atoms with van der Waals surface area (Å²) in [6, 6.07) is 7.81. The van der Waals surface area contributed by atoms with Crippen LogP contribution in [0.2, 0.25) is 0 Å². The second kappa shape index (κ2) is 5.15. The van der Waals surface area contributed by atoms with Crippen LogP contribution in [0, 0.1) is 5.92 Å². The van der Waals surface area contributed by atoms with Crippen LogP contribution < -0.4 is 0 Å². The second-order valence-corrected chi connectivity index (χ2v) is 4.54. The van der Waals surface area contributed by atoms with E-state index in [1.54, 1.807) is 0 Å². The summed E-state index contributed by atoms with van der Waals surface area (Å²) in [4.78, 5) is 11.2. The molecule has 0 bridgehead atoms. The molecule has 0 aliphatic heterocycles. The zero-order valence-corrected chi connectivity index (χ0v) is 9.74. The quantitative estimate of drug-likeness (QED) is 0.728. The van der Waals surface area contributed by atoms with E-state index in [-0.39, 0.29) is 5.97 Å². The molecular formula is C14H18O2. The summed E-state index contributed by atoms with van der Waals surface area (Å²) in [5.74, 6) is 0.594. The number of hydrogen-bond acceptors (Lipinski definition) is 2. The van der Waals surface area contributed by atoms with Gasteiger partial charge in [-0.1, -0.05) is 37.8 Å². The summed E-state index contributed by atoms with van der Waals surface area (Å²) < 4.78 is 4.67. The molecule has 1 aromatic carbocycles. The van der Waals surface area contributed by atoms with Crippen LogP contribution in [0.5, 0.6) is 0 Å². The van der Waals surface area contributed by atoms with E-state index in [9.17, 15) is 4.79 Å². The monoisotopic (exact) mass is 218 g/mol. The fraction of sp³-hybridized carbons (Fsp3) is 0.500. The molecule has 86 valence electrons. The maximum atomic E-state index is 11.2. The number of benzene rings is 1. The topological polar surface area (TPSA) is 26.3 Å². The summed E-state index contributed by atoms with van der Waals surface area (Å²) in [6.07, 6.45) is 6.63. The van der Waals surface area contributed by atoms with Gasteiger partial charge in [-0.25, -0.2) is 4.79 Å². The Labute approximate surface area is 96.6 Å². The van der Waals surface area contributed by atoms with Gasteiger partial charge < -0.3 is 4.74 Å². The number of rotatable bonds is 3. The first-order chi connectivity index (χ1) is 7.79. The Kier molecular flexibility index (Phi) is 3.60. The average molecular weight is 218 g/mol. The van der Waals surface area contributed by atoms with Crippen LogP contribution >= 0.6 is 0 Å². The van der Waals surface area contributed by atoms with Crippen molar-refractivity contribution in [2.75, 3.05) is 7.11 Å². The molecule has 1 saturated carbocycles. The van der Waals surface area contributed by atoms with Gasteiger partial charge in [0.25, 0.3) is 0 Å². The van der Waals surface area contributed by atoms with Gasteiger partial charge >= 0.3 is 5.97 Å². The zero-order valence-electron chi connectivity index (χ0n) is 9.74. The van der Waals surface area contributed by atoms with Crippen molar-refractivity contribution < 1.29 is 9.53 Å². The number of esters is 1.